The number of aryl methyl sites for hydroxylation is 1. The predicted molar refractivity (Wildman–Crippen MR) is 124 cm³/mol. The smallest absolute Gasteiger partial charge is 0.191 e. The van der Waals surface area contributed by atoms with Crippen LogP contribution in [-0.4, -0.2) is 40.9 Å². The summed E-state index contributed by atoms with van der Waals surface area (Å²) in [5.74, 6) is 3.73. The molecule has 2 N–H and O–H groups in total. The van der Waals surface area contributed by atoms with Crippen molar-refractivity contribution >= 4 is 5.96 Å². The van der Waals surface area contributed by atoms with Gasteiger partial charge >= 0.3 is 0 Å². The number of ether oxygens (including phenoxy) is 1. The molecule has 0 aliphatic rings. The average molecular weight is 421 g/mol. The number of rotatable bonds is 9. The molecule has 1 heterocycles. The summed E-state index contributed by atoms with van der Waals surface area (Å²) in [5, 5.41) is 15.3. The van der Waals surface area contributed by atoms with Gasteiger partial charge in [-0.15, -0.1) is 10.2 Å². The van der Waals surface area contributed by atoms with E-state index in [-0.39, 0.29) is 0 Å². The van der Waals surface area contributed by atoms with E-state index in [1.165, 1.54) is 11.1 Å². The van der Waals surface area contributed by atoms with Crippen molar-refractivity contribution in [3.05, 3.63) is 77.4 Å². The van der Waals surface area contributed by atoms with Gasteiger partial charge in [-0.2, -0.15) is 0 Å². The first-order valence-corrected chi connectivity index (χ1v) is 10.6. The van der Waals surface area contributed by atoms with Crippen molar-refractivity contribution in [3.8, 4) is 5.75 Å². The van der Waals surface area contributed by atoms with E-state index in [1.54, 1.807) is 7.11 Å². The number of hydrogen-bond acceptors (Lipinski definition) is 4. The fourth-order valence-electron chi connectivity index (χ4n) is 3.18. The van der Waals surface area contributed by atoms with Crippen LogP contribution >= 0.6 is 0 Å². The number of aromatic nitrogens is 3. The fraction of sp³-hybridized carbons (Fsp3) is 0.375. The lowest BCUT2D eigenvalue weighted by Gasteiger charge is -2.17. The van der Waals surface area contributed by atoms with Crippen molar-refractivity contribution in [3.63, 3.8) is 0 Å². The summed E-state index contributed by atoms with van der Waals surface area (Å²) in [6.45, 7) is 6.18. The SMILES string of the molecule is COc1ccc(CCNC(=NCc2nnc(C)n2C)NCC(C)c2ccccc2)cc1. The highest BCUT2D eigenvalue weighted by atomic mass is 16.5. The number of guanidine groups is 1. The summed E-state index contributed by atoms with van der Waals surface area (Å²) >= 11 is 0. The van der Waals surface area contributed by atoms with Crippen LogP contribution in [0.25, 0.3) is 0 Å². The number of hydrogen-bond donors (Lipinski definition) is 2. The predicted octanol–water partition coefficient (Wildman–Crippen LogP) is 3.21. The molecule has 31 heavy (non-hydrogen) atoms. The first kappa shape index (κ1) is 22.3. The molecule has 1 atom stereocenters. The van der Waals surface area contributed by atoms with Crippen LogP contribution in [0.3, 0.4) is 0 Å². The second-order valence-corrected chi connectivity index (χ2v) is 7.60. The largest absolute Gasteiger partial charge is 0.497 e. The van der Waals surface area contributed by atoms with Gasteiger partial charge in [0.2, 0.25) is 0 Å². The summed E-state index contributed by atoms with van der Waals surface area (Å²) in [4.78, 5) is 4.74. The minimum atomic E-state index is 0.367. The third kappa shape index (κ3) is 6.57. The summed E-state index contributed by atoms with van der Waals surface area (Å²) in [6.07, 6.45) is 0.891. The molecule has 0 fully saturated rings. The molecule has 3 aromatic rings. The quantitative estimate of drug-likeness (QED) is 0.411. The Labute approximate surface area is 184 Å². The molecule has 0 spiro atoms. The van der Waals surface area contributed by atoms with E-state index in [2.05, 4.69) is 64.2 Å². The Morgan fingerprint density at radius 2 is 1.81 bits per heavy atom. The van der Waals surface area contributed by atoms with Crippen molar-refractivity contribution in [2.75, 3.05) is 20.2 Å². The molecular formula is C24H32N6O. The molecule has 0 radical (unpaired) electrons. The van der Waals surface area contributed by atoms with Crippen molar-refractivity contribution in [1.82, 2.24) is 25.4 Å². The lowest BCUT2D eigenvalue weighted by atomic mass is 10.0. The van der Waals surface area contributed by atoms with Gasteiger partial charge < -0.3 is 19.9 Å². The van der Waals surface area contributed by atoms with Crippen LogP contribution in [0.5, 0.6) is 5.75 Å². The minimum Gasteiger partial charge on any atom is -0.497 e. The summed E-state index contributed by atoms with van der Waals surface area (Å²) < 4.78 is 7.19. The summed E-state index contributed by atoms with van der Waals surface area (Å²) in [5.41, 5.74) is 2.55. The second kappa shape index (κ2) is 11.2. The van der Waals surface area contributed by atoms with Gasteiger partial charge in [-0.1, -0.05) is 49.4 Å². The van der Waals surface area contributed by atoms with E-state index in [4.69, 9.17) is 9.73 Å². The van der Waals surface area contributed by atoms with Gasteiger partial charge in [-0.05, 0) is 42.5 Å². The summed E-state index contributed by atoms with van der Waals surface area (Å²) in [7, 11) is 3.64. The molecule has 0 bridgehead atoms. The molecular weight excluding hydrogens is 388 g/mol. The molecule has 1 unspecified atom stereocenters. The molecule has 0 saturated heterocycles. The number of methoxy groups -OCH3 is 1. The third-order valence-electron chi connectivity index (χ3n) is 5.37. The van der Waals surface area contributed by atoms with Crippen LogP contribution in [0.1, 0.15) is 35.6 Å². The van der Waals surface area contributed by atoms with Gasteiger partial charge in [0.1, 0.15) is 18.1 Å². The lowest BCUT2D eigenvalue weighted by Crippen LogP contribution is -2.40. The minimum absolute atomic E-state index is 0.367. The Morgan fingerprint density at radius 3 is 2.45 bits per heavy atom. The standard InChI is InChI=1S/C24H32N6O/c1-18(21-8-6-5-7-9-21)16-26-24(27-17-23-29-28-19(2)30(23)3)25-15-14-20-10-12-22(31-4)13-11-20/h5-13,18H,14-17H2,1-4H3,(H2,25,26,27). The van der Waals surface area contributed by atoms with Crippen LogP contribution in [0.4, 0.5) is 0 Å². The topological polar surface area (TPSA) is 76.4 Å². The summed E-state index contributed by atoms with van der Waals surface area (Å²) in [6, 6.07) is 18.6. The molecule has 7 heteroatoms. The molecule has 0 amide bonds. The van der Waals surface area contributed by atoms with Crippen LogP contribution in [-0.2, 0) is 20.0 Å². The molecule has 164 valence electrons. The van der Waals surface area contributed by atoms with Crippen molar-refractivity contribution in [2.45, 2.75) is 32.7 Å². The first-order valence-electron chi connectivity index (χ1n) is 10.6. The lowest BCUT2D eigenvalue weighted by molar-refractivity contribution is 0.414. The Morgan fingerprint density at radius 1 is 1.06 bits per heavy atom. The zero-order chi connectivity index (χ0) is 22.1. The van der Waals surface area contributed by atoms with Crippen molar-refractivity contribution in [2.24, 2.45) is 12.0 Å². The number of nitrogens with one attached hydrogen (secondary N) is 2. The maximum absolute atomic E-state index is 5.23. The van der Waals surface area contributed by atoms with E-state index in [0.29, 0.717) is 12.5 Å². The van der Waals surface area contributed by atoms with Gasteiger partial charge in [-0.25, -0.2) is 4.99 Å². The van der Waals surface area contributed by atoms with Crippen molar-refractivity contribution < 1.29 is 4.74 Å². The highest BCUT2D eigenvalue weighted by Gasteiger charge is 2.08. The van der Waals surface area contributed by atoms with Gasteiger partial charge in [-0.3, -0.25) is 0 Å². The number of benzene rings is 2. The zero-order valence-electron chi connectivity index (χ0n) is 18.8. The van der Waals surface area contributed by atoms with Crippen LogP contribution in [0.15, 0.2) is 59.6 Å². The maximum atomic E-state index is 5.23. The van der Waals surface area contributed by atoms with Gasteiger partial charge in [0.05, 0.1) is 7.11 Å². The Bertz CT molecular complexity index is 965. The molecule has 3 rings (SSSR count). The van der Waals surface area contributed by atoms with E-state index >= 15 is 0 Å². The normalized spacial score (nSPS) is 12.5. The molecule has 0 aliphatic carbocycles. The van der Waals surface area contributed by atoms with Crippen LogP contribution < -0.4 is 15.4 Å². The second-order valence-electron chi connectivity index (χ2n) is 7.60. The highest BCUT2D eigenvalue weighted by Crippen LogP contribution is 2.13. The average Bonchev–Trinajstić information content (AvgIpc) is 3.13. The van der Waals surface area contributed by atoms with E-state index in [1.807, 2.05) is 36.7 Å². The maximum Gasteiger partial charge on any atom is 0.191 e. The van der Waals surface area contributed by atoms with Crippen molar-refractivity contribution in [1.29, 1.82) is 0 Å². The Hall–Kier alpha value is -3.35. The molecule has 1 aromatic heterocycles. The monoisotopic (exact) mass is 420 g/mol. The van der Waals surface area contributed by atoms with E-state index < -0.39 is 0 Å². The molecule has 0 saturated carbocycles. The Kier molecular flexibility index (Phi) is 8.04. The molecule has 2 aromatic carbocycles. The first-order chi connectivity index (χ1) is 15.1. The van der Waals surface area contributed by atoms with Gasteiger partial charge in [0.25, 0.3) is 0 Å². The third-order valence-corrected chi connectivity index (χ3v) is 5.37. The Balaban J connectivity index is 1.61. The molecule has 7 nitrogen and oxygen atoms in total. The van der Waals surface area contributed by atoms with E-state index in [0.717, 1.165) is 42.9 Å². The number of aliphatic imine (C=N–C) groups is 1. The van der Waals surface area contributed by atoms with Crippen LogP contribution in [0.2, 0.25) is 0 Å². The highest BCUT2D eigenvalue weighted by molar-refractivity contribution is 5.79. The number of nitrogens with zero attached hydrogens (tertiary/aromatic N) is 4. The molecule has 0 aliphatic heterocycles. The fourth-order valence-corrected chi connectivity index (χ4v) is 3.18. The zero-order valence-corrected chi connectivity index (χ0v) is 18.8. The van der Waals surface area contributed by atoms with E-state index in [9.17, 15) is 0 Å². The van der Waals surface area contributed by atoms with Gasteiger partial charge in [0, 0.05) is 20.1 Å². The van der Waals surface area contributed by atoms with Crippen LogP contribution in [0, 0.1) is 6.92 Å². The van der Waals surface area contributed by atoms with Gasteiger partial charge in [0.15, 0.2) is 11.8 Å².